The molecule has 1 N–H and O–H groups in total. The van der Waals surface area contributed by atoms with Crippen molar-refractivity contribution in [2.75, 3.05) is 7.05 Å². The summed E-state index contributed by atoms with van der Waals surface area (Å²) in [5, 5.41) is 6.76. The van der Waals surface area contributed by atoms with E-state index < -0.39 is 0 Å². The molecule has 1 unspecified atom stereocenters. The fraction of sp³-hybridized carbons (Fsp3) is 0.471. The molecule has 0 spiro atoms. The van der Waals surface area contributed by atoms with Crippen LogP contribution in [-0.4, -0.2) is 12.0 Å². The molecule has 20 heavy (non-hydrogen) atoms. The van der Waals surface area contributed by atoms with Gasteiger partial charge in [0.1, 0.15) is 0 Å². The summed E-state index contributed by atoms with van der Waals surface area (Å²) < 4.78 is 0. The summed E-state index contributed by atoms with van der Waals surface area (Å²) in [4.78, 5) is 4.59. The van der Waals surface area contributed by atoms with Gasteiger partial charge in [0.25, 0.3) is 0 Å². The van der Waals surface area contributed by atoms with E-state index >= 15 is 0 Å². The van der Waals surface area contributed by atoms with Crippen molar-refractivity contribution < 1.29 is 0 Å². The first-order valence-electron chi connectivity index (χ1n) is 7.09. The number of rotatable bonds is 4. The Morgan fingerprint density at radius 2 is 1.95 bits per heavy atom. The van der Waals surface area contributed by atoms with Gasteiger partial charge in [-0.2, -0.15) is 0 Å². The van der Waals surface area contributed by atoms with Gasteiger partial charge in [0, 0.05) is 17.8 Å². The summed E-state index contributed by atoms with van der Waals surface area (Å²) in [6.07, 6.45) is 0.938. The van der Waals surface area contributed by atoms with Gasteiger partial charge in [-0.25, -0.2) is 4.98 Å². The number of benzene rings is 1. The lowest BCUT2D eigenvalue weighted by atomic mass is 9.81. The van der Waals surface area contributed by atoms with Crippen molar-refractivity contribution in [2.45, 2.75) is 45.6 Å². The summed E-state index contributed by atoms with van der Waals surface area (Å²) in [6.45, 7) is 8.87. The zero-order chi connectivity index (χ0) is 14.8. The third-order valence-corrected chi connectivity index (χ3v) is 4.39. The van der Waals surface area contributed by atoms with E-state index in [0.29, 0.717) is 6.04 Å². The van der Waals surface area contributed by atoms with E-state index in [4.69, 9.17) is 0 Å². The monoisotopic (exact) mass is 288 g/mol. The van der Waals surface area contributed by atoms with Crippen LogP contribution in [0.15, 0.2) is 29.6 Å². The van der Waals surface area contributed by atoms with Crippen molar-refractivity contribution in [2.24, 2.45) is 0 Å². The molecule has 3 heteroatoms. The average Bonchev–Trinajstić information content (AvgIpc) is 2.80. The number of aryl methyl sites for hydroxylation is 1. The number of aromatic nitrogens is 1. The molecule has 0 amide bonds. The SMILES string of the molecule is CNC(Cc1csc(C)n1)c1ccccc1C(C)(C)C. The highest BCUT2D eigenvalue weighted by atomic mass is 32.1. The van der Waals surface area contributed by atoms with Crippen LogP contribution < -0.4 is 5.32 Å². The van der Waals surface area contributed by atoms with Gasteiger partial charge in [0.15, 0.2) is 0 Å². The summed E-state index contributed by atoms with van der Waals surface area (Å²) in [5.74, 6) is 0. The largest absolute Gasteiger partial charge is 0.313 e. The summed E-state index contributed by atoms with van der Waals surface area (Å²) in [6, 6.07) is 9.05. The van der Waals surface area contributed by atoms with Crippen LogP contribution in [0.3, 0.4) is 0 Å². The van der Waals surface area contributed by atoms with Gasteiger partial charge < -0.3 is 5.32 Å². The second-order valence-corrected chi connectivity index (χ2v) is 7.30. The Hall–Kier alpha value is -1.19. The predicted molar refractivity (Wildman–Crippen MR) is 87.5 cm³/mol. The maximum atomic E-state index is 4.59. The predicted octanol–water partition coefficient (Wildman–Crippen LogP) is 4.25. The molecule has 0 saturated heterocycles. The smallest absolute Gasteiger partial charge is 0.0897 e. The van der Waals surface area contributed by atoms with E-state index in [1.807, 2.05) is 7.05 Å². The standard InChI is InChI=1S/C17H24N2S/c1-12-19-13(11-20-12)10-16(18-5)14-8-6-7-9-15(14)17(2,3)4/h6-9,11,16,18H,10H2,1-5H3. The maximum Gasteiger partial charge on any atom is 0.0897 e. The van der Waals surface area contributed by atoms with Gasteiger partial charge in [0.05, 0.1) is 10.7 Å². The molecule has 0 aliphatic carbocycles. The van der Waals surface area contributed by atoms with Crippen LogP contribution in [0.5, 0.6) is 0 Å². The molecule has 1 aromatic heterocycles. The van der Waals surface area contributed by atoms with Crippen LogP contribution >= 0.6 is 11.3 Å². The van der Waals surface area contributed by atoms with Gasteiger partial charge >= 0.3 is 0 Å². The minimum atomic E-state index is 0.156. The Kier molecular flexibility index (Phi) is 4.61. The van der Waals surface area contributed by atoms with Crippen molar-refractivity contribution in [1.82, 2.24) is 10.3 Å². The highest BCUT2D eigenvalue weighted by Crippen LogP contribution is 2.31. The van der Waals surface area contributed by atoms with Crippen LogP contribution in [0.1, 0.15) is 48.6 Å². The van der Waals surface area contributed by atoms with Crippen molar-refractivity contribution >= 4 is 11.3 Å². The number of hydrogen-bond donors (Lipinski definition) is 1. The summed E-state index contributed by atoms with van der Waals surface area (Å²) >= 11 is 1.72. The molecule has 2 nitrogen and oxygen atoms in total. The van der Waals surface area contributed by atoms with Crippen LogP contribution in [-0.2, 0) is 11.8 Å². The molecule has 0 radical (unpaired) electrons. The lowest BCUT2D eigenvalue weighted by Crippen LogP contribution is -2.24. The van der Waals surface area contributed by atoms with Crippen LogP contribution in [0.2, 0.25) is 0 Å². The lowest BCUT2D eigenvalue weighted by Gasteiger charge is -2.27. The van der Waals surface area contributed by atoms with Gasteiger partial charge in [0.2, 0.25) is 0 Å². The molecule has 2 aromatic rings. The molecule has 0 fully saturated rings. The Balaban J connectivity index is 2.32. The second-order valence-electron chi connectivity index (χ2n) is 6.24. The van der Waals surface area contributed by atoms with E-state index in [9.17, 15) is 0 Å². The number of likely N-dealkylation sites (N-methyl/N-ethyl adjacent to an activating group) is 1. The van der Waals surface area contributed by atoms with E-state index in [2.05, 4.69) is 67.6 Å². The first-order chi connectivity index (χ1) is 9.41. The zero-order valence-electron chi connectivity index (χ0n) is 13.0. The first-order valence-corrected chi connectivity index (χ1v) is 7.97. The maximum absolute atomic E-state index is 4.59. The topological polar surface area (TPSA) is 24.9 Å². The van der Waals surface area contributed by atoms with Crippen LogP contribution in [0, 0.1) is 6.92 Å². The minimum Gasteiger partial charge on any atom is -0.313 e. The van der Waals surface area contributed by atoms with Crippen LogP contribution in [0.4, 0.5) is 0 Å². The van der Waals surface area contributed by atoms with E-state index in [1.165, 1.54) is 16.8 Å². The molecule has 0 saturated carbocycles. The molecule has 0 bridgehead atoms. The van der Waals surface area contributed by atoms with Crippen molar-refractivity contribution in [1.29, 1.82) is 0 Å². The fourth-order valence-corrected chi connectivity index (χ4v) is 3.19. The number of nitrogens with zero attached hydrogens (tertiary/aromatic N) is 1. The average molecular weight is 288 g/mol. The van der Waals surface area contributed by atoms with Gasteiger partial charge in [-0.15, -0.1) is 11.3 Å². The summed E-state index contributed by atoms with van der Waals surface area (Å²) in [5.41, 5.74) is 4.12. The third-order valence-electron chi connectivity index (χ3n) is 3.57. The fourth-order valence-electron chi connectivity index (χ4n) is 2.56. The normalized spacial score (nSPS) is 13.4. The molecule has 0 aliphatic rings. The van der Waals surface area contributed by atoms with Gasteiger partial charge in [-0.05, 0) is 30.5 Å². The van der Waals surface area contributed by atoms with E-state index in [-0.39, 0.29) is 5.41 Å². The molecule has 1 atom stereocenters. The van der Waals surface area contributed by atoms with Crippen molar-refractivity contribution in [3.05, 3.63) is 51.5 Å². The summed E-state index contributed by atoms with van der Waals surface area (Å²) in [7, 11) is 2.03. The molecule has 0 aliphatic heterocycles. The molecule has 1 heterocycles. The highest BCUT2D eigenvalue weighted by molar-refractivity contribution is 7.09. The second kappa shape index (κ2) is 6.06. The Morgan fingerprint density at radius 3 is 2.50 bits per heavy atom. The number of thiazole rings is 1. The highest BCUT2D eigenvalue weighted by Gasteiger charge is 2.22. The molecular weight excluding hydrogens is 264 g/mol. The van der Waals surface area contributed by atoms with Gasteiger partial charge in [-0.3, -0.25) is 0 Å². The van der Waals surface area contributed by atoms with Crippen LogP contribution in [0.25, 0.3) is 0 Å². The molecule has 108 valence electrons. The molecular formula is C17H24N2S. The van der Waals surface area contributed by atoms with Gasteiger partial charge in [-0.1, -0.05) is 45.0 Å². The van der Waals surface area contributed by atoms with Crippen molar-refractivity contribution in [3.8, 4) is 0 Å². The minimum absolute atomic E-state index is 0.156. The first kappa shape index (κ1) is 15.2. The quantitative estimate of drug-likeness (QED) is 0.909. The molecule has 2 rings (SSSR count). The van der Waals surface area contributed by atoms with E-state index in [1.54, 1.807) is 11.3 Å². The number of hydrogen-bond acceptors (Lipinski definition) is 3. The van der Waals surface area contributed by atoms with Crippen molar-refractivity contribution in [3.63, 3.8) is 0 Å². The third kappa shape index (κ3) is 3.47. The Morgan fingerprint density at radius 1 is 1.25 bits per heavy atom. The number of nitrogens with one attached hydrogen (secondary N) is 1. The zero-order valence-corrected chi connectivity index (χ0v) is 13.8. The van der Waals surface area contributed by atoms with E-state index in [0.717, 1.165) is 11.4 Å². The Labute approximate surface area is 126 Å². The Bertz CT molecular complexity index is 566. The lowest BCUT2D eigenvalue weighted by molar-refractivity contribution is 0.536. The molecule has 1 aromatic carbocycles.